The van der Waals surface area contributed by atoms with Crippen molar-refractivity contribution in [1.82, 2.24) is 9.80 Å². The Kier molecular flexibility index (Phi) is 7.32. The van der Waals surface area contributed by atoms with Gasteiger partial charge in [-0.25, -0.2) is 0 Å². The van der Waals surface area contributed by atoms with Crippen LogP contribution in [0.4, 0.5) is 0 Å². The van der Waals surface area contributed by atoms with E-state index in [0.717, 1.165) is 45.0 Å². The second kappa shape index (κ2) is 10.8. The lowest BCUT2D eigenvalue weighted by atomic mass is 10.2. The molecule has 0 N–H and O–H groups in total. The highest BCUT2D eigenvalue weighted by Crippen LogP contribution is 2.17. The quantitative estimate of drug-likeness (QED) is 0.525. The maximum atomic E-state index is 5.99. The molecule has 0 aliphatic carbocycles. The van der Waals surface area contributed by atoms with Crippen LogP contribution in [-0.4, -0.2) is 42.5 Å². The van der Waals surface area contributed by atoms with Crippen LogP contribution in [0.3, 0.4) is 0 Å². The van der Waals surface area contributed by atoms with Crippen molar-refractivity contribution in [3.8, 4) is 5.75 Å². The van der Waals surface area contributed by atoms with Crippen LogP contribution in [0.2, 0.25) is 0 Å². The number of nitrogens with zero attached hydrogens (tertiary/aromatic N) is 2. The Morgan fingerprint density at radius 2 is 1.37 bits per heavy atom. The van der Waals surface area contributed by atoms with Gasteiger partial charge in [-0.1, -0.05) is 84.9 Å². The van der Waals surface area contributed by atoms with Crippen LogP contribution >= 0.6 is 0 Å². The summed E-state index contributed by atoms with van der Waals surface area (Å²) in [6, 6.07) is 29.4. The summed E-state index contributed by atoms with van der Waals surface area (Å²) in [5, 5.41) is 0. The summed E-state index contributed by atoms with van der Waals surface area (Å²) in [5.74, 6) is 0.945. The first-order valence-corrected chi connectivity index (χ1v) is 10.8. The fourth-order valence-electron chi connectivity index (χ4n) is 3.76. The van der Waals surface area contributed by atoms with Crippen molar-refractivity contribution in [1.29, 1.82) is 0 Å². The SMILES string of the molecule is C(=Cc1ccccc1)CN1CCN(Cc2cccc(OCc3ccccc3)c2)CC1. The van der Waals surface area contributed by atoms with Crippen LogP contribution in [0, 0.1) is 0 Å². The largest absolute Gasteiger partial charge is 0.489 e. The van der Waals surface area contributed by atoms with Crippen molar-refractivity contribution in [2.45, 2.75) is 13.2 Å². The summed E-state index contributed by atoms with van der Waals surface area (Å²) in [6.45, 7) is 7.05. The first kappa shape index (κ1) is 20.4. The van der Waals surface area contributed by atoms with E-state index < -0.39 is 0 Å². The number of benzene rings is 3. The maximum Gasteiger partial charge on any atom is 0.120 e. The second-order valence-electron chi connectivity index (χ2n) is 7.81. The molecule has 1 heterocycles. The molecule has 0 aromatic heterocycles. The Bertz CT molecular complexity index is 916. The van der Waals surface area contributed by atoms with E-state index in [9.17, 15) is 0 Å². The summed E-state index contributed by atoms with van der Waals surface area (Å²) in [7, 11) is 0. The molecule has 0 atom stereocenters. The van der Waals surface area contributed by atoms with Gasteiger partial charge >= 0.3 is 0 Å². The molecule has 154 valence electrons. The third kappa shape index (κ3) is 6.31. The molecule has 3 heteroatoms. The van der Waals surface area contributed by atoms with Gasteiger partial charge in [0.1, 0.15) is 12.4 Å². The smallest absolute Gasteiger partial charge is 0.120 e. The van der Waals surface area contributed by atoms with Crippen molar-refractivity contribution in [3.05, 3.63) is 108 Å². The standard InChI is InChI=1S/C27H30N2O/c1-3-9-24(10-4-1)14-8-16-28-17-19-29(20-18-28)22-26-13-7-15-27(21-26)30-23-25-11-5-2-6-12-25/h1-15,21H,16-20,22-23H2. The molecule has 1 aliphatic heterocycles. The average molecular weight is 399 g/mol. The van der Waals surface area contributed by atoms with E-state index in [1.807, 2.05) is 24.3 Å². The third-order valence-electron chi connectivity index (χ3n) is 5.49. The van der Waals surface area contributed by atoms with E-state index in [4.69, 9.17) is 4.74 Å². The van der Waals surface area contributed by atoms with Crippen molar-refractivity contribution >= 4 is 6.08 Å². The highest BCUT2D eigenvalue weighted by atomic mass is 16.5. The first-order valence-electron chi connectivity index (χ1n) is 10.8. The molecule has 0 saturated carbocycles. The van der Waals surface area contributed by atoms with Crippen LogP contribution in [0.15, 0.2) is 91.0 Å². The molecule has 0 bridgehead atoms. The maximum absolute atomic E-state index is 5.99. The molecular formula is C27H30N2O. The third-order valence-corrected chi connectivity index (χ3v) is 5.49. The number of hydrogen-bond donors (Lipinski definition) is 0. The summed E-state index contributed by atoms with van der Waals surface area (Å²) in [4.78, 5) is 5.06. The van der Waals surface area contributed by atoms with Gasteiger partial charge in [0.2, 0.25) is 0 Å². The zero-order valence-electron chi connectivity index (χ0n) is 17.5. The molecule has 0 amide bonds. The number of ether oxygens (including phenoxy) is 1. The zero-order valence-corrected chi connectivity index (χ0v) is 17.5. The predicted molar refractivity (Wildman–Crippen MR) is 124 cm³/mol. The molecule has 0 unspecified atom stereocenters. The van der Waals surface area contributed by atoms with Gasteiger partial charge in [-0.2, -0.15) is 0 Å². The van der Waals surface area contributed by atoms with E-state index >= 15 is 0 Å². The Labute approximate surface area is 180 Å². The molecule has 3 nitrogen and oxygen atoms in total. The van der Waals surface area contributed by atoms with Crippen molar-refractivity contribution < 1.29 is 4.74 Å². The van der Waals surface area contributed by atoms with Crippen molar-refractivity contribution in [2.24, 2.45) is 0 Å². The van der Waals surface area contributed by atoms with Gasteiger partial charge < -0.3 is 4.74 Å². The monoisotopic (exact) mass is 398 g/mol. The lowest BCUT2D eigenvalue weighted by Crippen LogP contribution is -2.45. The lowest BCUT2D eigenvalue weighted by Gasteiger charge is -2.34. The topological polar surface area (TPSA) is 15.7 Å². The fraction of sp³-hybridized carbons (Fsp3) is 0.259. The van der Waals surface area contributed by atoms with Gasteiger partial charge in [-0.15, -0.1) is 0 Å². The molecule has 1 saturated heterocycles. The molecule has 1 aliphatic rings. The minimum absolute atomic E-state index is 0.611. The zero-order chi connectivity index (χ0) is 20.4. The van der Waals surface area contributed by atoms with Crippen LogP contribution in [0.5, 0.6) is 5.75 Å². The van der Waals surface area contributed by atoms with Gasteiger partial charge in [0, 0.05) is 39.3 Å². The second-order valence-corrected chi connectivity index (χ2v) is 7.81. The number of hydrogen-bond acceptors (Lipinski definition) is 3. The molecule has 3 aromatic rings. The van der Waals surface area contributed by atoms with E-state index in [0.29, 0.717) is 6.61 Å². The van der Waals surface area contributed by atoms with Gasteiger partial charge in [0.15, 0.2) is 0 Å². The Morgan fingerprint density at radius 1 is 0.700 bits per heavy atom. The average Bonchev–Trinajstić information content (AvgIpc) is 2.81. The Morgan fingerprint density at radius 3 is 2.13 bits per heavy atom. The minimum atomic E-state index is 0.611. The fourth-order valence-corrected chi connectivity index (χ4v) is 3.76. The molecule has 4 rings (SSSR count). The number of rotatable bonds is 8. The molecular weight excluding hydrogens is 368 g/mol. The Hall–Kier alpha value is -2.88. The van der Waals surface area contributed by atoms with E-state index in [1.54, 1.807) is 0 Å². The normalized spacial score (nSPS) is 15.5. The van der Waals surface area contributed by atoms with Gasteiger partial charge in [-0.05, 0) is 28.8 Å². The van der Waals surface area contributed by atoms with Gasteiger partial charge in [-0.3, -0.25) is 9.80 Å². The summed E-state index contributed by atoms with van der Waals surface area (Å²) < 4.78 is 5.99. The van der Waals surface area contributed by atoms with Crippen molar-refractivity contribution in [3.63, 3.8) is 0 Å². The number of piperazine rings is 1. The van der Waals surface area contributed by atoms with Crippen LogP contribution in [-0.2, 0) is 13.2 Å². The first-order chi connectivity index (χ1) is 14.8. The predicted octanol–water partition coefficient (Wildman–Crippen LogP) is 5.10. The van der Waals surface area contributed by atoms with E-state index in [2.05, 4.69) is 82.6 Å². The molecule has 1 fully saturated rings. The highest BCUT2D eigenvalue weighted by Gasteiger charge is 2.16. The molecule has 30 heavy (non-hydrogen) atoms. The van der Waals surface area contributed by atoms with Crippen molar-refractivity contribution in [2.75, 3.05) is 32.7 Å². The highest BCUT2D eigenvalue weighted by molar-refractivity contribution is 5.48. The van der Waals surface area contributed by atoms with E-state index in [-0.39, 0.29) is 0 Å². The Balaban J connectivity index is 1.21. The lowest BCUT2D eigenvalue weighted by molar-refractivity contribution is 0.137. The van der Waals surface area contributed by atoms with Crippen LogP contribution < -0.4 is 4.74 Å². The minimum Gasteiger partial charge on any atom is -0.489 e. The summed E-state index contributed by atoms with van der Waals surface area (Å²) in [6.07, 6.45) is 4.49. The molecule has 0 spiro atoms. The molecule has 3 aromatic carbocycles. The van der Waals surface area contributed by atoms with Crippen LogP contribution in [0.1, 0.15) is 16.7 Å². The molecule has 0 radical (unpaired) electrons. The summed E-state index contributed by atoms with van der Waals surface area (Å²) >= 11 is 0. The van der Waals surface area contributed by atoms with E-state index in [1.165, 1.54) is 16.7 Å². The van der Waals surface area contributed by atoms with Gasteiger partial charge in [0.25, 0.3) is 0 Å². The summed E-state index contributed by atoms with van der Waals surface area (Å²) in [5.41, 5.74) is 3.78. The van der Waals surface area contributed by atoms with Gasteiger partial charge in [0.05, 0.1) is 0 Å². The van der Waals surface area contributed by atoms with Crippen LogP contribution in [0.25, 0.3) is 6.08 Å².